The van der Waals surface area contributed by atoms with Gasteiger partial charge in [0.05, 0.1) is 16.1 Å². The summed E-state index contributed by atoms with van der Waals surface area (Å²) >= 11 is 1.55. The molecule has 3 nitrogen and oxygen atoms in total. The fourth-order valence-electron chi connectivity index (χ4n) is 3.19. The maximum atomic E-state index is 13.5. The number of para-hydroxylation sites is 1. The Morgan fingerprint density at radius 2 is 1.92 bits per heavy atom. The lowest BCUT2D eigenvalue weighted by atomic mass is 10.1. The van der Waals surface area contributed by atoms with Gasteiger partial charge in [0, 0.05) is 12.1 Å². The molecule has 0 atom stereocenters. The van der Waals surface area contributed by atoms with E-state index < -0.39 is 11.7 Å². The zero-order chi connectivity index (χ0) is 17.4. The summed E-state index contributed by atoms with van der Waals surface area (Å²) in [6, 6.07) is 9.48. The van der Waals surface area contributed by atoms with Crippen LogP contribution in [-0.2, 0) is 12.6 Å². The van der Waals surface area contributed by atoms with Crippen molar-refractivity contribution in [2.75, 3.05) is 11.9 Å². The molecule has 0 aliphatic carbocycles. The van der Waals surface area contributed by atoms with Gasteiger partial charge in [-0.25, -0.2) is 4.68 Å². The van der Waals surface area contributed by atoms with E-state index >= 15 is 0 Å². The van der Waals surface area contributed by atoms with Crippen LogP contribution in [0.25, 0.3) is 16.3 Å². The first kappa shape index (κ1) is 16.2. The quantitative estimate of drug-likeness (QED) is 0.663. The van der Waals surface area contributed by atoms with Crippen LogP contribution in [0.1, 0.15) is 24.0 Å². The van der Waals surface area contributed by atoms with E-state index in [1.54, 1.807) is 17.4 Å². The van der Waals surface area contributed by atoms with Gasteiger partial charge >= 0.3 is 6.18 Å². The Morgan fingerprint density at radius 3 is 2.68 bits per heavy atom. The van der Waals surface area contributed by atoms with E-state index in [1.165, 1.54) is 16.8 Å². The Balaban J connectivity index is 1.95. The predicted molar refractivity (Wildman–Crippen MR) is 93.3 cm³/mol. The fourth-order valence-corrected chi connectivity index (χ4v) is 3.92. The smallest absolute Gasteiger partial charge is 0.370 e. The van der Waals surface area contributed by atoms with Crippen LogP contribution in [0.3, 0.4) is 0 Å². The molecule has 7 heteroatoms. The number of rotatable bonds is 2. The van der Waals surface area contributed by atoms with Crippen molar-refractivity contribution in [1.29, 1.82) is 0 Å². The normalized spacial score (nSPS) is 14.7. The number of nitrogens with one attached hydrogen (secondary N) is 1. The Labute approximate surface area is 147 Å². The van der Waals surface area contributed by atoms with Gasteiger partial charge in [0.1, 0.15) is 11.5 Å². The highest BCUT2D eigenvalue weighted by Gasteiger charge is 2.35. The van der Waals surface area contributed by atoms with Crippen molar-refractivity contribution in [3.05, 3.63) is 52.9 Å². The van der Waals surface area contributed by atoms with Gasteiger partial charge in [-0.05, 0) is 42.8 Å². The molecule has 3 aromatic rings. The lowest BCUT2D eigenvalue weighted by molar-refractivity contribution is -0.137. The Morgan fingerprint density at radius 1 is 1.08 bits per heavy atom. The minimum atomic E-state index is -4.43. The van der Waals surface area contributed by atoms with Crippen LogP contribution >= 0.6 is 11.3 Å². The third-order valence-electron chi connectivity index (χ3n) is 4.32. The highest BCUT2D eigenvalue weighted by Crippen LogP contribution is 2.39. The van der Waals surface area contributed by atoms with Gasteiger partial charge in [-0.1, -0.05) is 18.2 Å². The summed E-state index contributed by atoms with van der Waals surface area (Å²) in [5.41, 5.74) is 1.15. The topological polar surface area (TPSA) is 29.9 Å². The number of hydrogen-bond donors (Lipinski definition) is 1. The van der Waals surface area contributed by atoms with Gasteiger partial charge in [-0.15, -0.1) is 11.3 Å². The number of benzene rings is 1. The zero-order valence-electron chi connectivity index (χ0n) is 13.3. The van der Waals surface area contributed by atoms with Crippen molar-refractivity contribution >= 4 is 17.2 Å². The van der Waals surface area contributed by atoms with Crippen molar-refractivity contribution in [3.63, 3.8) is 0 Å². The summed E-state index contributed by atoms with van der Waals surface area (Å²) in [7, 11) is 0. The summed E-state index contributed by atoms with van der Waals surface area (Å²) in [6.07, 6.45) is -1.64. The standard InChI is InChI=1S/C18H16F3N3S/c19-18(20,21)13-7-1-2-8-14(13)24-17-12(6-3-4-10-22-17)16(23-24)15-9-5-11-25-15/h1-2,5,7-9,11,22H,3-4,6,10H2. The molecule has 1 aliphatic rings. The number of anilines is 1. The summed E-state index contributed by atoms with van der Waals surface area (Å²) in [4.78, 5) is 0.975. The number of alkyl halides is 3. The highest BCUT2D eigenvalue weighted by molar-refractivity contribution is 7.13. The van der Waals surface area contributed by atoms with Crippen LogP contribution in [-0.4, -0.2) is 16.3 Å². The molecule has 25 heavy (non-hydrogen) atoms. The molecule has 0 unspecified atom stereocenters. The molecule has 0 bridgehead atoms. The Hall–Kier alpha value is -2.28. The van der Waals surface area contributed by atoms with Crippen LogP contribution in [0.5, 0.6) is 0 Å². The molecule has 0 radical (unpaired) electrons. The van der Waals surface area contributed by atoms with Crippen molar-refractivity contribution in [3.8, 4) is 16.3 Å². The first-order chi connectivity index (χ1) is 12.1. The molecular formula is C18H16F3N3S. The number of halogens is 3. The first-order valence-corrected chi connectivity index (χ1v) is 9.00. The summed E-state index contributed by atoms with van der Waals surface area (Å²) in [5, 5.41) is 9.83. The number of thiophene rings is 1. The predicted octanol–water partition coefficient (Wildman–Crippen LogP) is 5.37. The van der Waals surface area contributed by atoms with Crippen LogP contribution in [0.4, 0.5) is 19.0 Å². The zero-order valence-corrected chi connectivity index (χ0v) is 14.1. The van der Waals surface area contributed by atoms with Gasteiger partial charge < -0.3 is 5.32 Å². The molecule has 0 spiro atoms. The molecule has 0 fully saturated rings. The minimum Gasteiger partial charge on any atom is -0.370 e. The van der Waals surface area contributed by atoms with Crippen LogP contribution in [0, 0.1) is 0 Å². The van der Waals surface area contributed by atoms with Crippen molar-refractivity contribution < 1.29 is 13.2 Å². The SMILES string of the molecule is FC(F)(F)c1ccccc1-n1nc(-c2cccs2)c2c1NCCCC2. The third-order valence-corrected chi connectivity index (χ3v) is 5.20. The molecule has 0 amide bonds. The molecule has 4 rings (SSSR count). The third kappa shape index (κ3) is 2.93. The average molecular weight is 363 g/mol. The van der Waals surface area contributed by atoms with Crippen molar-refractivity contribution in [1.82, 2.24) is 9.78 Å². The maximum Gasteiger partial charge on any atom is 0.418 e. The van der Waals surface area contributed by atoms with E-state index in [0.29, 0.717) is 5.82 Å². The lowest BCUT2D eigenvalue weighted by Gasteiger charge is -2.15. The van der Waals surface area contributed by atoms with Crippen molar-refractivity contribution in [2.45, 2.75) is 25.4 Å². The molecule has 130 valence electrons. The van der Waals surface area contributed by atoms with Crippen molar-refractivity contribution in [2.24, 2.45) is 0 Å². The fraction of sp³-hybridized carbons (Fsp3) is 0.278. The molecule has 2 aromatic heterocycles. The summed E-state index contributed by atoms with van der Waals surface area (Å²) < 4.78 is 41.8. The van der Waals surface area contributed by atoms with E-state index in [9.17, 15) is 13.2 Å². The second kappa shape index (κ2) is 6.22. The van der Waals surface area contributed by atoms with Crippen LogP contribution < -0.4 is 5.32 Å². The first-order valence-electron chi connectivity index (χ1n) is 8.12. The molecule has 0 saturated heterocycles. The molecule has 1 aliphatic heterocycles. The number of aromatic nitrogens is 2. The van der Waals surface area contributed by atoms with E-state index in [2.05, 4.69) is 10.4 Å². The Kier molecular flexibility index (Phi) is 4.03. The van der Waals surface area contributed by atoms with Gasteiger partial charge in [-0.3, -0.25) is 0 Å². The van der Waals surface area contributed by atoms with Gasteiger partial charge in [0.25, 0.3) is 0 Å². The summed E-state index contributed by atoms with van der Waals surface area (Å²) in [6.45, 7) is 0.733. The average Bonchev–Trinajstić information content (AvgIpc) is 3.16. The van der Waals surface area contributed by atoms with Gasteiger partial charge in [0.15, 0.2) is 0 Å². The molecular weight excluding hydrogens is 347 g/mol. The number of nitrogens with zero attached hydrogens (tertiary/aromatic N) is 2. The monoisotopic (exact) mass is 363 g/mol. The van der Waals surface area contributed by atoms with E-state index in [0.717, 1.165) is 48.0 Å². The largest absolute Gasteiger partial charge is 0.418 e. The van der Waals surface area contributed by atoms with Gasteiger partial charge in [0.2, 0.25) is 0 Å². The highest BCUT2D eigenvalue weighted by atomic mass is 32.1. The maximum absolute atomic E-state index is 13.5. The van der Waals surface area contributed by atoms with Crippen LogP contribution in [0.2, 0.25) is 0 Å². The van der Waals surface area contributed by atoms with Crippen LogP contribution in [0.15, 0.2) is 41.8 Å². The molecule has 3 heterocycles. The second-order valence-corrected chi connectivity index (χ2v) is 6.91. The molecule has 1 N–H and O–H groups in total. The summed E-state index contributed by atoms with van der Waals surface area (Å²) in [5.74, 6) is 0.678. The second-order valence-electron chi connectivity index (χ2n) is 5.96. The number of fused-ring (bicyclic) bond motifs is 1. The Bertz CT molecular complexity index is 882. The lowest BCUT2D eigenvalue weighted by Crippen LogP contribution is -2.14. The van der Waals surface area contributed by atoms with E-state index in [1.807, 2.05) is 17.5 Å². The minimum absolute atomic E-state index is 0.0588. The van der Waals surface area contributed by atoms with Gasteiger partial charge in [-0.2, -0.15) is 18.3 Å². The number of hydrogen-bond acceptors (Lipinski definition) is 3. The van der Waals surface area contributed by atoms with E-state index in [-0.39, 0.29) is 5.69 Å². The molecule has 1 aromatic carbocycles. The molecule has 0 saturated carbocycles. The van der Waals surface area contributed by atoms with E-state index in [4.69, 9.17) is 0 Å².